The molecule has 0 radical (unpaired) electrons. The molecule has 5 nitrogen and oxygen atoms in total. The Morgan fingerprint density at radius 2 is 1.64 bits per heavy atom. The van der Waals surface area contributed by atoms with Crippen molar-refractivity contribution in [3.05, 3.63) is 88.6 Å². The zero-order valence-electron chi connectivity index (χ0n) is 15.2. The molecule has 0 unspecified atom stereocenters. The summed E-state index contributed by atoms with van der Waals surface area (Å²) >= 11 is 1.56. The smallest absolute Gasteiger partial charge is 0.309 e. The van der Waals surface area contributed by atoms with Crippen molar-refractivity contribution in [3.63, 3.8) is 0 Å². The van der Waals surface area contributed by atoms with Crippen molar-refractivity contribution in [2.75, 3.05) is 13.2 Å². The van der Waals surface area contributed by atoms with Crippen LogP contribution in [0.15, 0.2) is 78.2 Å². The summed E-state index contributed by atoms with van der Waals surface area (Å²) in [5.74, 6) is -0.132. The van der Waals surface area contributed by atoms with E-state index in [2.05, 4.69) is 5.32 Å². The van der Waals surface area contributed by atoms with Gasteiger partial charge in [-0.25, -0.2) is 0 Å². The first-order chi connectivity index (χ1) is 13.7. The number of para-hydroxylation sites is 1. The molecule has 0 bridgehead atoms. The molecule has 0 saturated heterocycles. The van der Waals surface area contributed by atoms with Crippen molar-refractivity contribution in [2.24, 2.45) is 0 Å². The number of ether oxygens (including phenoxy) is 2. The topological polar surface area (TPSA) is 64.6 Å². The molecule has 1 N–H and O–H groups in total. The van der Waals surface area contributed by atoms with Gasteiger partial charge in [0, 0.05) is 4.88 Å². The molecule has 3 rings (SSSR count). The summed E-state index contributed by atoms with van der Waals surface area (Å²) in [4.78, 5) is 25.2. The van der Waals surface area contributed by atoms with Crippen molar-refractivity contribution in [1.82, 2.24) is 5.32 Å². The van der Waals surface area contributed by atoms with Crippen LogP contribution in [0.1, 0.15) is 22.9 Å². The van der Waals surface area contributed by atoms with Crippen molar-refractivity contribution in [3.8, 4) is 5.75 Å². The molecule has 0 saturated carbocycles. The lowest BCUT2D eigenvalue weighted by molar-refractivity contribution is -0.149. The van der Waals surface area contributed by atoms with E-state index in [4.69, 9.17) is 9.47 Å². The third-order valence-electron chi connectivity index (χ3n) is 3.95. The Hall–Kier alpha value is -3.12. The highest BCUT2D eigenvalue weighted by molar-refractivity contribution is 7.10. The van der Waals surface area contributed by atoms with Gasteiger partial charge in [-0.2, -0.15) is 0 Å². The van der Waals surface area contributed by atoms with Crippen molar-refractivity contribution >= 4 is 23.2 Å². The Morgan fingerprint density at radius 3 is 2.32 bits per heavy atom. The molecule has 0 aliphatic heterocycles. The van der Waals surface area contributed by atoms with Gasteiger partial charge in [0.1, 0.15) is 5.75 Å². The molecule has 0 fully saturated rings. The molecular weight excluding hydrogens is 374 g/mol. The molecule has 0 spiro atoms. The number of benzene rings is 2. The van der Waals surface area contributed by atoms with Gasteiger partial charge in [-0.05, 0) is 29.1 Å². The van der Waals surface area contributed by atoms with E-state index in [0.717, 1.165) is 10.4 Å². The molecule has 1 heterocycles. The molecule has 1 aromatic heterocycles. The summed E-state index contributed by atoms with van der Waals surface area (Å²) in [6.45, 7) is -0.120. The van der Waals surface area contributed by atoms with E-state index in [1.54, 1.807) is 11.3 Å². The number of thiophene rings is 1. The van der Waals surface area contributed by atoms with E-state index in [0.29, 0.717) is 5.75 Å². The Balaban J connectivity index is 1.46. The van der Waals surface area contributed by atoms with Gasteiger partial charge in [0.25, 0.3) is 5.91 Å². The largest absolute Gasteiger partial charge is 0.493 e. The number of nitrogens with one attached hydrogen (secondary N) is 1. The zero-order valence-corrected chi connectivity index (χ0v) is 16.1. The van der Waals surface area contributed by atoms with Gasteiger partial charge in [0.05, 0.1) is 19.1 Å². The summed E-state index contributed by atoms with van der Waals surface area (Å²) in [5.41, 5.74) is 0.973. The van der Waals surface area contributed by atoms with Crippen molar-refractivity contribution in [1.29, 1.82) is 0 Å². The van der Waals surface area contributed by atoms with Crippen LogP contribution in [0.2, 0.25) is 0 Å². The van der Waals surface area contributed by atoms with Gasteiger partial charge in [0.2, 0.25) is 0 Å². The first-order valence-corrected chi connectivity index (χ1v) is 9.81. The number of hydrogen-bond donors (Lipinski definition) is 1. The summed E-state index contributed by atoms with van der Waals surface area (Å²) < 4.78 is 10.5. The highest BCUT2D eigenvalue weighted by Gasteiger charge is 2.18. The van der Waals surface area contributed by atoms with Crippen LogP contribution in [0.5, 0.6) is 5.75 Å². The molecule has 1 amide bonds. The van der Waals surface area contributed by atoms with Crippen LogP contribution >= 0.6 is 11.3 Å². The van der Waals surface area contributed by atoms with Crippen LogP contribution in [0.25, 0.3) is 0 Å². The molecule has 3 aromatic rings. The summed E-state index contributed by atoms with van der Waals surface area (Å²) in [6, 6.07) is 22.6. The second-order valence-corrected chi connectivity index (χ2v) is 6.98. The lowest BCUT2D eigenvalue weighted by Crippen LogP contribution is -2.32. The van der Waals surface area contributed by atoms with Gasteiger partial charge in [-0.1, -0.05) is 54.6 Å². The minimum Gasteiger partial charge on any atom is -0.493 e. The minimum absolute atomic E-state index is 0.0786. The van der Waals surface area contributed by atoms with Gasteiger partial charge in [0.15, 0.2) is 6.61 Å². The molecule has 28 heavy (non-hydrogen) atoms. The molecule has 2 aromatic carbocycles. The van der Waals surface area contributed by atoms with Gasteiger partial charge < -0.3 is 14.8 Å². The number of rotatable bonds is 9. The summed E-state index contributed by atoms with van der Waals surface area (Å²) in [6.07, 6.45) is 0.0786. The molecular formula is C22H21NO4S. The molecule has 144 valence electrons. The second-order valence-electron chi connectivity index (χ2n) is 6.00. The predicted octanol–water partition coefficient (Wildman–Crippen LogP) is 3.97. The monoisotopic (exact) mass is 395 g/mol. The Labute approximate surface area is 167 Å². The lowest BCUT2D eigenvalue weighted by Gasteiger charge is -2.18. The Bertz CT molecular complexity index is 866. The lowest BCUT2D eigenvalue weighted by atomic mass is 10.1. The first-order valence-electron chi connectivity index (χ1n) is 8.93. The Kier molecular flexibility index (Phi) is 7.21. The Morgan fingerprint density at radius 1 is 0.929 bits per heavy atom. The number of amides is 1. The molecule has 1 atom stereocenters. The number of hydrogen-bond acceptors (Lipinski definition) is 5. The molecule has 6 heteroatoms. The van der Waals surface area contributed by atoms with E-state index < -0.39 is 5.97 Å². The highest BCUT2D eigenvalue weighted by Crippen LogP contribution is 2.25. The maximum Gasteiger partial charge on any atom is 0.309 e. The summed E-state index contributed by atoms with van der Waals surface area (Å²) in [5, 5.41) is 4.90. The van der Waals surface area contributed by atoms with Crippen LogP contribution in [0.3, 0.4) is 0 Å². The van der Waals surface area contributed by atoms with E-state index in [-0.39, 0.29) is 31.6 Å². The maximum absolute atomic E-state index is 12.3. The van der Waals surface area contributed by atoms with Gasteiger partial charge in [-0.15, -0.1) is 11.3 Å². The van der Waals surface area contributed by atoms with Gasteiger partial charge >= 0.3 is 5.97 Å². The van der Waals surface area contributed by atoms with E-state index in [1.807, 2.05) is 78.2 Å². The fourth-order valence-electron chi connectivity index (χ4n) is 2.61. The molecule has 0 aliphatic rings. The normalized spacial score (nSPS) is 11.4. The van der Waals surface area contributed by atoms with Crippen LogP contribution < -0.4 is 10.1 Å². The van der Waals surface area contributed by atoms with Crippen LogP contribution in [-0.4, -0.2) is 25.1 Å². The van der Waals surface area contributed by atoms with E-state index in [9.17, 15) is 9.59 Å². The minimum atomic E-state index is -0.474. The first kappa shape index (κ1) is 19.6. The standard InChI is InChI=1S/C22H21NO4S/c24-20(16-27-21(25)13-14-26-18-10-5-2-6-11-18)23-22(19-12-7-15-28-19)17-8-3-1-4-9-17/h1-12,15,22H,13-14,16H2,(H,23,24)/t22-/m1/s1. The second kappa shape index (κ2) is 10.3. The van der Waals surface area contributed by atoms with Crippen molar-refractivity contribution in [2.45, 2.75) is 12.5 Å². The van der Waals surface area contributed by atoms with Crippen LogP contribution in [0.4, 0.5) is 0 Å². The van der Waals surface area contributed by atoms with Gasteiger partial charge in [-0.3, -0.25) is 9.59 Å². The quantitative estimate of drug-likeness (QED) is 0.557. The predicted molar refractivity (Wildman–Crippen MR) is 108 cm³/mol. The average Bonchev–Trinajstić information content (AvgIpc) is 3.26. The third kappa shape index (κ3) is 5.96. The van der Waals surface area contributed by atoms with E-state index >= 15 is 0 Å². The SMILES string of the molecule is O=C(COC(=O)CCOc1ccccc1)N[C@H](c1ccccc1)c1cccs1. The molecule has 0 aliphatic carbocycles. The number of carbonyl (C=O) groups excluding carboxylic acids is 2. The third-order valence-corrected chi connectivity index (χ3v) is 4.89. The van der Waals surface area contributed by atoms with Crippen LogP contribution in [0, 0.1) is 0 Å². The van der Waals surface area contributed by atoms with Crippen molar-refractivity contribution < 1.29 is 19.1 Å². The fourth-order valence-corrected chi connectivity index (χ4v) is 3.41. The van der Waals surface area contributed by atoms with E-state index in [1.165, 1.54) is 0 Å². The summed E-state index contributed by atoms with van der Waals surface area (Å²) in [7, 11) is 0. The van der Waals surface area contributed by atoms with Crippen LogP contribution in [-0.2, 0) is 14.3 Å². The number of esters is 1. The highest BCUT2D eigenvalue weighted by atomic mass is 32.1. The number of carbonyl (C=O) groups is 2. The maximum atomic E-state index is 12.3. The average molecular weight is 395 g/mol. The fraction of sp³-hybridized carbons (Fsp3) is 0.182. The zero-order chi connectivity index (χ0) is 19.6.